The molecule has 0 saturated carbocycles. The second kappa shape index (κ2) is 8.62. The molecule has 3 atom stereocenters. The average molecular weight is 359 g/mol. The number of hydrogen-bond donors (Lipinski definition) is 2. The van der Waals surface area contributed by atoms with Gasteiger partial charge in [-0.2, -0.15) is 0 Å². The molecule has 0 spiro atoms. The van der Waals surface area contributed by atoms with Crippen molar-refractivity contribution in [2.24, 2.45) is 0 Å². The Bertz CT molecular complexity index is 707. The highest BCUT2D eigenvalue weighted by Crippen LogP contribution is 2.34. The summed E-state index contributed by atoms with van der Waals surface area (Å²) in [5.74, 6) is 0.390. The van der Waals surface area contributed by atoms with E-state index in [1.807, 2.05) is 24.3 Å². The van der Waals surface area contributed by atoms with Crippen molar-refractivity contribution in [2.45, 2.75) is 38.0 Å². The maximum absolute atomic E-state index is 13.2. The minimum absolute atomic E-state index is 0.128. The quantitative estimate of drug-likeness (QED) is 0.798. The lowest BCUT2D eigenvalue weighted by molar-refractivity contribution is 0.0637. The van der Waals surface area contributed by atoms with Gasteiger partial charge in [-0.25, -0.2) is 4.39 Å². The summed E-state index contributed by atoms with van der Waals surface area (Å²) < 4.78 is 19.0. The van der Waals surface area contributed by atoms with Gasteiger partial charge >= 0.3 is 0 Å². The summed E-state index contributed by atoms with van der Waals surface area (Å²) in [5.41, 5.74) is 1.92. The van der Waals surface area contributed by atoms with Crippen LogP contribution in [0, 0.1) is 5.82 Å². The van der Waals surface area contributed by atoms with Gasteiger partial charge < -0.3 is 14.9 Å². The van der Waals surface area contributed by atoms with Crippen LogP contribution < -0.4 is 4.74 Å². The van der Waals surface area contributed by atoms with Gasteiger partial charge in [0, 0.05) is 24.6 Å². The van der Waals surface area contributed by atoms with Gasteiger partial charge in [0.25, 0.3) is 0 Å². The average Bonchev–Trinajstić information content (AvgIpc) is 2.97. The number of nitrogens with zero attached hydrogens (tertiary/aromatic N) is 1. The Morgan fingerprint density at radius 2 is 1.88 bits per heavy atom. The number of rotatable bonds is 7. The first-order valence-corrected chi connectivity index (χ1v) is 9.13. The van der Waals surface area contributed by atoms with Crippen LogP contribution in [-0.2, 0) is 6.54 Å². The first-order chi connectivity index (χ1) is 12.6. The van der Waals surface area contributed by atoms with Gasteiger partial charge in [-0.15, -0.1) is 0 Å². The number of hydrogen-bond acceptors (Lipinski definition) is 4. The SMILES string of the molecule is CCCOc1ccccc1CN1C[C@H](c2ccc(F)cc2)[C@@H](O)[C@H]1CO. The molecule has 0 aliphatic carbocycles. The molecule has 2 aromatic carbocycles. The van der Waals surface area contributed by atoms with Crippen molar-refractivity contribution in [1.82, 2.24) is 4.90 Å². The molecule has 0 radical (unpaired) electrons. The molecule has 0 unspecified atom stereocenters. The fourth-order valence-electron chi connectivity index (χ4n) is 3.60. The topological polar surface area (TPSA) is 52.9 Å². The summed E-state index contributed by atoms with van der Waals surface area (Å²) in [6, 6.07) is 13.7. The summed E-state index contributed by atoms with van der Waals surface area (Å²) in [7, 11) is 0. The lowest BCUT2D eigenvalue weighted by atomic mass is 9.94. The van der Waals surface area contributed by atoms with E-state index in [2.05, 4.69) is 11.8 Å². The second-order valence-corrected chi connectivity index (χ2v) is 6.78. The molecule has 1 aliphatic heterocycles. The van der Waals surface area contributed by atoms with Crippen LogP contribution in [-0.4, -0.2) is 47.0 Å². The molecule has 4 nitrogen and oxygen atoms in total. The van der Waals surface area contributed by atoms with Gasteiger partial charge in [-0.05, 0) is 30.2 Å². The summed E-state index contributed by atoms with van der Waals surface area (Å²) in [4.78, 5) is 2.08. The van der Waals surface area contributed by atoms with Crippen molar-refractivity contribution in [3.05, 3.63) is 65.5 Å². The molecular formula is C21H26FNO3. The maximum Gasteiger partial charge on any atom is 0.123 e. The Kier molecular flexibility index (Phi) is 6.25. The lowest BCUT2D eigenvalue weighted by Crippen LogP contribution is -2.38. The van der Waals surface area contributed by atoms with Gasteiger partial charge in [-0.3, -0.25) is 4.90 Å². The molecule has 2 aromatic rings. The molecule has 0 amide bonds. The van der Waals surface area contributed by atoms with E-state index in [4.69, 9.17) is 4.74 Å². The van der Waals surface area contributed by atoms with E-state index in [1.54, 1.807) is 12.1 Å². The smallest absolute Gasteiger partial charge is 0.123 e. The summed E-state index contributed by atoms with van der Waals surface area (Å²) in [6.45, 7) is 3.77. The molecule has 2 N–H and O–H groups in total. The minimum atomic E-state index is -0.700. The predicted molar refractivity (Wildman–Crippen MR) is 98.7 cm³/mol. The number of aliphatic hydroxyl groups is 2. The highest BCUT2D eigenvalue weighted by molar-refractivity contribution is 5.34. The van der Waals surface area contributed by atoms with E-state index < -0.39 is 6.10 Å². The number of halogens is 1. The number of ether oxygens (including phenoxy) is 1. The van der Waals surface area contributed by atoms with Crippen LogP contribution in [0.3, 0.4) is 0 Å². The van der Waals surface area contributed by atoms with Crippen molar-refractivity contribution in [2.75, 3.05) is 19.8 Å². The minimum Gasteiger partial charge on any atom is -0.493 e. The van der Waals surface area contributed by atoms with Crippen molar-refractivity contribution in [1.29, 1.82) is 0 Å². The molecule has 5 heteroatoms. The molecule has 26 heavy (non-hydrogen) atoms. The predicted octanol–water partition coefficient (Wildman–Crippen LogP) is 2.94. The zero-order valence-corrected chi connectivity index (χ0v) is 15.0. The van der Waals surface area contributed by atoms with E-state index >= 15 is 0 Å². The van der Waals surface area contributed by atoms with Gasteiger partial charge in [0.2, 0.25) is 0 Å². The molecule has 1 heterocycles. The van der Waals surface area contributed by atoms with E-state index in [0.717, 1.165) is 23.3 Å². The van der Waals surface area contributed by atoms with Crippen molar-refractivity contribution < 1.29 is 19.3 Å². The number of aliphatic hydroxyl groups excluding tert-OH is 2. The zero-order chi connectivity index (χ0) is 18.5. The lowest BCUT2D eigenvalue weighted by Gasteiger charge is -2.25. The molecule has 1 fully saturated rings. The Morgan fingerprint density at radius 1 is 1.15 bits per heavy atom. The van der Waals surface area contributed by atoms with E-state index in [-0.39, 0.29) is 24.4 Å². The molecule has 140 valence electrons. The third-order valence-electron chi connectivity index (χ3n) is 5.00. The van der Waals surface area contributed by atoms with Crippen LogP contribution in [0.15, 0.2) is 48.5 Å². The highest BCUT2D eigenvalue weighted by atomic mass is 19.1. The van der Waals surface area contributed by atoms with Crippen LogP contribution in [0.25, 0.3) is 0 Å². The Hall–Kier alpha value is -1.95. The van der Waals surface area contributed by atoms with E-state index in [0.29, 0.717) is 19.7 Å². The zero-order valence-electron chi connectivity index (χ0n) is 15.0. The maximum atomic E-state index is 13.2. The highest BCUT2D eigenvalue weighted by Gasteiger charge is 2.41. The Morgan fingerprint density at radius 3 is 2.58 bits per heavy atom. The van der Waals surface area contributed by atoms with Crippen molar-refractivity contribution in [3.8, 4) is 5.75 Å². The van der Waals surface area contributed by atoms with Gasteiger partial charge in [0.15, 0.2) is 0 Å². The molecule has 1 aliphatic rings. The third kappa shape index (κ3) is 4.06. The van der Waals surface area contributed by atoms with E-state index in [9.17, 15) is 14.6 Å². The molecule has 3 rings (SSSR count). The number of para-hydroxylation sites is 1. The van der Waals surface area contributed by atoms with Crippen LogP contribution in [0.4, 0.5) is 4.39 Å². The van der Waals surface area contributed by atoms with Gasteiger partial charge in [-0.1, -0.05) is 37.3 Å². The van der Waals surface area contributed by atoms with Crippen molar-refractivity contribution >= 4 is 0 Å². The summed E-state index contributed by atoms with van der Waals surface area (Å²) >= 11 is 0. The van der Waals surface area contributed by atoms with E-state index in [1.165, 1.54) is 12.1 Å². The second-order valence-electron chi connectivity index (χ2n) is 6.78. The van der Waals surface area contributed by atoms with Crippen molar-refractivity contribution in [3.63, 3.8) is 0 Å². The van der Waals surface area contributed by atoms with Crippen LogP contribution in [0.2, 0.25) is 0 Å². The summed E-state index contributed by atoms with van der Waals surface area (Å²) in [5, 5.41) is 20.5. The molecule has 0 bridgehead atoms. The van der Waals surface area contributed by atoms with Crippen LogP contribution >= 0.6 is 0 Å². The fourth-order valence-corrected chi connectivity index (χ4v) is 3.60. The molecule has 0 aromatic heterocycles. The van der Waals surface area contributed by atoms with Gasteiger partial charge in [0.05, 0.1) is 25.4 Å². The number of likely N-dealkylation sites (tertiary alicyclic amines) is 1. The largest absolute Gasteiger partial charge is 0.493 e. The van der Waals surface area contributed by atoms with Gasteiger partial charge in [0.1, 0.15) is 11.6 Å². The fraction of sp³-hybridized carbons (Fsp3) is 0.429. The monoisotopic (exact) mass is 359 g/mol. The molecule has 1 saturated heterocycles. The first kappa shape index (κ1) is 18.8. The van der Waals surface area contributed by atoms with Crippen LogP contribution in [0.1, 0.15) is 30.4 Å². The standard InChI is InChI=1S/C21H26FNO3/c1-2-11-26-20-6-4-3-5-16(20)12-23-13-18(21(25)19(23)14-24)15-7-9-17(22)10-8-15/h3-10,18-19,21,24-25H,2,11-14H2,1H3/t18-,19-,21-/m1/s1. The van der Waals surface area contributed by atoms with Crippen LogP contribution in [0.5, 0.6) is 5.75 Å². The Labute approximate surface area is 153 Å². The molecular weight excluding hydrogens is 333 g/mol. The normalized spacial score (nSPS) is 23.3. The summed E-state index contributed by atoms with van der Waals surface area (Å²) in [6.07, 6.45) is 0.233. The first-order valence-electron chi connectivity index (χ1n) is 9.13. The third-order valence-corrected chi connectivity index (χ3v) is 5.00. The Balaban J connectivity index is 1.78. The number of benzene rings is 2.